The highest BCUT2D eigenvalue weighted by Crippen LogP contribution is 2.10. The van der Waals surface area contributed by atoms with Crippen molar-refractivity contribution in [1.29, 1.82) is 0 Å². The number of aliphatic hydroxyl groups excluding tert-OH is 1. The van der Waals surface area contributed by atoms with Crippen LogP contribution in [0.1, 0.15) is 30.1 Å². The van der Waals surface area contributed by atoms with Crippen molar-refractivity contribution in [3.8, 4) is 0 Å². The van der Waals surface area contributed by atoms with Gasteiger partial charge < -0.3 is 15.5 Å². The molecule has 1 aromatic rings. The number of ketones is 1. The first-order valence-electron chi connectivity index (χ1n) is 6.33. The zero-order chi connectivity index (χ0) is 15.1. The summed E-state index contributed by atoms with van der Waals surface area (Å²) in [7, 11) is 0. The zero-order valence-corrected chi connectivity index (χ0v) is 11.2. The number of carboxylic acids is 1. The molecule has 0 bridgehead atoms. The summed E-state index contributed by atoms with van der Waals surface area (Å²) in [6.07, 6.45) is -0.703. The van der Waals surface area contributed by atoms with Crippen LogP contribution in [0, 0.1) is 5.82 Å². The average Bonchev–Trinajstić information content (AvgIpc) is 2.38. The molecule has 1 aromatic carbocycles. The molecule has 0 aliphatic heterocycles. The molecule has 110 valence electrons. The quantitative estimate of drug-likeness (QED) is 0.624. The number of hydrogen-bond acceptors (Lipinski definition) is 4. The molecule has 0 radical (unpaired) electrons. The molecule has 0 aromatic heterocycles. The fraction of sp³-hybridized carbons (Fsp3) is 0.429. The van der Waals surface area contributed by atoms with E-state index in [0.29, 0.717) is 5.56 Å². The first-order valence-corrected chi connectivity index (χ1v) is 6.33. The van der Waals surface area contributed by atoms with Gasteiger partial charge in [-0.25, -0.2) is 4.39 Å². The van der Waals surface area contributed by atoms with Crippen molar-refractivity contribution in [3.63, 3.8) is 0 Å². The molecular formula is C14H18FNO4. The van der Waals surface area contributed by atoms with Gasteiger partial charge in [0.05, 0.1) is 12.1 Å². The number of aliphatic hydroxyl groups is 1. The number of benzene rings is 1. The number of Topliss-reactive ketones (excluding diaryl/α,β-unsaturated/α-hetero) is 1. The summed E-state index contributed by atoms with van der Waals surface area (Å²) < 4.78 is 12.8. The SMILES string of the molecule is CC(O)CNC(CCC(=O)O)C(=O)c1ccc(F)cc1. The average molecular weight is 283 g/mol. The van der Waals surface area contributed by atoms with Crippen molar-refractivity contribution >= 4 is 11.8 Å². The fourth-order valence-electron chi connectivity index (χ4n) is 1.72. The fourth-order valence-corrected chi connectivity index (χ4v) is 1.72. The highest BCUT2D eigenvalue weighted by atomic mass is 19.1. The van der Waals surface area contributed by atoms with E-state index in [1.54, 1.807) is 6.92 Å². The lowest BCUT2D eigenvalue weighted by Crippen LogP contribution is -2.40. The molecule has 2 unspecified atom stereocenters. The molecule has 5 nitrogen and oxygen atoms in total. The van der Waals surface area contributed by atoms with Crippen LogP contribution >= 0.6 is 0 Å². The van der Waals surface area contributed by atoms with Crippen molar-refractivity contribution in [2.24, 2.45) is 0 Å². The molecule has 0 spiro atoms. The van der Waals surface area contributed by atoms with E-state index in [-0.39, 0.29) is 25.2 Å². The molecule has 2 atom stereocenters. The summed E-state index contributed by atoms with van der Waals surface area (Å²) in [5.41, 5.74) is 0.305. The smallest absolute Gasteiger partial charge is 0.303 e. The molecule has 0 aliphatic rings. The molecule has 0 heterocycles. The van der Waals surface area contributed by atoms with Gasteiger partial charge in [-0.1, -0.05) is 0 Å². The van der Waals surface area contributed by atoms with Crippen molar-refractivity contribution in [2.75, 3.05) is 6.54 Å². The third-order valence-corrected chi connectivity index (χ3v) is 2.75. The van der Waals surface area contributed by atoms with E-state index in [4.69, 9.17) is 5.11 Å². The summed E-state index contributed by atoms with van der Waals surface area (Å²) in [6, 6.07) is 4.35. The Hall–Kier alpha value is -1.79. The molecule has 20 heavy (non-hydrogen) atoms. The molecule has 0 aliphatic carbocycles. The number of carbonyl (C=O) groups excluding carboxylic acids is 1. The Morgan fingerprint density at radius 2 is 1.90 bits per heavy atom. The van der Waals surface area contributed by atoms with Crippen molar-refractivity contribution < 1.29 is 24.2 Å². The van der Waals surface area contributed by atoms with E-state index in [1.165, 1.54) is 24.3 Å². The van der Waals surface area contributed by atoms with Gasteiger partial charge in [0.1, 0.15) is 5.82 Å². The third kappa shape index (κ3) is 5.46. The van der Waals surface area contributed by atoms with Gasteiger partial charge in [-0.3, -0.25) is 9.59 Å². The van der Waals surface area contributed by atoms with Gasteiger partial charge in [-0.2, -0.15) is 0 Å². The highest BCUT2D eigenvalue weighted by molar-refractivity contribution is 6.00. The van der Waals surface area contributed by atoms with Crippen LogP contribution in [-0.2, 0) is 4.79 Å². The number of hydrogen-bond donors (Lipinski definition) is 3. The Balaban J connectivity index is 2.76. The standard InChI is InChI=1S/C14H18FNO4/c1-9(17)8-16-12(6-7-13(18)19)14(20)10-2-4-11(15)5-3-10/h2-5,9,12,16-17H,6-8H2,1H3,(H,18,19). The Kier molecular flexibility index (Phi) is 6.27. The Labute approximate surface area is 116 Å². The molecule has 0 saturated heterocycles. The number of rotatable bonds is 8. The number of carbonyl (C=O) groups is 2. The number of halogens is 1. The van der Waals surface area contributed by atoms with Crippen LogP contribution in [0.4, 0.5) is 4.39 Å². The first kappa shape index (κ1) is 16.3. The van der Waals surface area contributed by atoms with Crippen molar-refractivity contribution in [2.45, 2.75) is 31.9 Å². The summed E-state index contributed by atoms with van der Waals surface area (Å²) >= 11 is 0. The van der Waals surface area contributed by atoms with Gasteiger partial charge in [0.15, 0.2) is 5.78 Å². The predicted molar refractivity (Wildman–Crippen MR) is 71.1 cm³/mol. The van der Waals surface area contributed by atoms with Crippen LogP contribution in [0.2, 0.25) is 0 Å². The maximum atomic E-state index is 12.8. The van der Waals surface area contributed by atoms with Crippen LogP contribution in [0.25, 0.3) is 0 Å². The minimum atomic E-state index is -0.999. The minimum Gasteiger partial charge on any atom is -0.481 e. The van der Waals surface area contributed by atoms with Crippen LogP contribution in [0.15, 0.2) is 24.3 Å². The van der Waals surface area contributed by atoms with Gasteiger partial charge in [-0.05, 0) is 37.6 Å². The summed E-state index contributed by atoms with van der Waals surface area (Å²) in [5, 5.41) is 20.7. The molecule has 0 amide bonds. The van der Waals surface area contributed by atoms with Crippen LogP contribution < -0.4 is 5.32 Å². The topological polar surface area (TPSA) is 86.6 Å². The predicted octanol–water partition coefficient (Wildman–Crippen LogP) is 1.21. The summed E-state index contributed by atoms with van der Waals surface area (Å²) in [6.45, 7) is 1.74. The Morgan fingerprint density at radius 1 is 1.30 bits per heavy atom. The number of carboxylic acid groups (broad SMARTS) is 1. The van der Waals surface area contributed by atoms with E-state index >= 15 is 0 Å². The molecular weight excluding hydrogens is 265 g/mol. The van der Waals surface area contributed by atoms with E-state index < -0.39 is 23.9 Å². The Bertz CT molecular complexity index is 459. The highest BCUT2D eigenvalue weighted by Gasteiger charge is 2.21. The first-order chi connectivity index (χ1) is 9.40. The maximum Gasteiger partial charge on any atom is 0.303 e. The lowest BCUT2D eigenvalue weighted by molar-refractivity contribution is -0.137. The molecule has 0 saturated carbocycles. The van der Waals surface area contributed by atoms with Crippen LogP contribution in [0.3, 0.4) is 0 Å². The van der Waals surface area contributed by atoms with Gasteiger partial charge in [0.2, 0.25) is 0 Å². The van der Waals surface area contributed by atoms with Gasteiger partial charge in [-0.15, -0.1) is 0 Å². The van der Waals surface area contributed by atoms with E-state index in [2.05, 4.69) is 5.32 Å². The molecule has 6 heteroatoms. The van der Waals surface area contributed by atoms with Gasteiger partial charge >= 0.3 is 5.97 Å². The normalized spacial score (nSPS) is 13.8. The van der Waals surface area contributed by atoms with E-state index in [0.717, 1.165) is 0 Å². The van der Waals surface area contributed by atoms with Gasteiger partial charge in [0, 0.05) is 18.5 Å². The number of aliphatic carboxylic acids is 1. The van der Waals surface area contributed by atoms with Crippen LogP contribution in [-0.4, -0.2) is 40.7 Å². The lowest BCUT2D eigenvalue weighted by atomic mass is 10.00. The van der Waals surface area contributed by atoms with Crippen molar-refractivity contribution in [1.82, 2.24) is 5.32 Å². The lowest BCUT2D eigenvalue weighted by Gasteiger charge is -2.18. The van der Waals surface area contributed by atoms with E-state index in [1.807, 2.05) is 0 Å². The largest absolute Gasteiger partial charge is 0.481 e. The summed E-state index contributed by atoms with van der Waals surface area (Å²) in [4.78, 5) is 22.8. The van der Waals surface area contributed by atoms with Gasteiger partial charge in [0.25, 0.3) is 0 Å². The number of nitrogens with one attached hydrogen (secondary N) is 1. The second-order valence-corrected chi connectivity index (χ2v) is 4.61. The van der Waals surface area contributed by atoms with Crippen molar-refractivity contribution in [3.05, 3.63) is 35.6 Å². The minimum absolute atomic E-state index is 0.109. The maximum absolute atomic E-state index is 12.8. The Morgan fingerprint density at radius 3 is 2.40 bits per heavy atom. The summed E-state index contributed by atoms with van der Waals surface area (Å²) in [5.74, 6) is -1.76. The van der Waals surface area contributed by atoms with E-state index in [9.17, 15) is 19.1 Å². The second-order valence-electron chi connectivity index (χ2n) is 4.61. The third-order valence-electron chi connectivity index (χ3n) is 2.75. The second kappa shape index (κ2) is 7.72. The molecule has 1 rings (SSSR count). The monoisotopic (exact) mass is 283 g/mol. The molecule has 0 fully saturated rings. The zero-order valence-electron chi connectivity index (χ0n) is 11.2. The van der Waals surface area contributed by atoms with Crippen LogP contribution in [0.5, 0.6) is 0 Å². The molecule has 3 N–H and O–H groups in total.